The summed E-state index contributed by atoms with van der Waals surface area (Å²) >= 11 is 0. The first kappa shape index (κ1) is 13.8. The van der Waals surface area contributed by atoms with Crippen molar-refractivity contribution in [2.75, 3.05) is 0 Å². The van der Waals surface area contributed by atoms with Gasteiger partial charge in [-0.25, -0.2) is 0 Å². The van der Waals surface area contributed by atoms with Gasteiger partial charge in [0.1, 0.15) is 0 Å². The molecule has 0 saturated carbocycles. The van der Waals surface area contributed by atoms with Gasteiger partial charge in [0.2, 0.25) is 0 Å². The van der Waals surface area contributed by atoms with Crippen molar-refractivity contribution in [3.63, 3.8) is 0 Å². The van der Waals surface area contributed by atoms with Crippen molar-refractivity contribution in [1.82, 2.24) is 10.3 Å². The Morgan fingerprint density at radius 2 is 1.76 bits per heavy atom. The smallest absolute Gasteiger partial charge is 0.0702 e. The first-order chi connectivity index (χ1) is 10.2. The van der Waals surface area contributed by atoms with Crippen LogP contribution in [0.15, 0.2) is 60.8 Å². The molecule has 1 aromatic heterocycles. The molecule has 2 heteroatoms. The number of hydrogen-bond acceptors (Lipinski definition) is 2. The number of nitrogens with one attached hydrogen (secondary N) is 1. The topological polar surface area (TPSA) is 24.9 Å². The second kappa shape index (κ2) is 6.06. The molecule has 0 aliphatic heterocycles. The molecule has 3 aromatic rings. The fourth-order valence-corrected chi connectivity index (χ4v) is 2.49. The van der Waals surface area contributed by atoms with E-state index < -0.39 is 0 Å². The van der Waals surface area contributed by atoms with Gasteiger partial charge in [0.05, 0.1) is 5.52 Å². The fraction of sp³-hybridized carbons (Fsp3) is 0.211. The van der Waals surface area contributed by atoms with Crippen molar-refractivity contribution in [2.24, 2.45) is 0 Å². The third-order valence-corrected chi connectivity index (χ3v) is 3.62. The molecule has 0 amide bonds. The molecule has 0 bridgehead atoms. The van der Waals surface area contributed by atoms with Gasteiger partial charge in [0.15, 0.2) is 0 Å². The minimum atomic E-state index is 0.479. The molecule has 0 saturated heterocycles. The standard InChI is InChI=1S/C19H20N2/c1-14(2)20-12-16-8-3-5-9-18(16)17-11-15-7-4-6-10-19(15)21-13-17/h3-11,13-14,20H,12H2,1-2H3. The molecule has 21 heavy (non-hydrogen) atoms. The predicted octanol–water partition coefficient (Wildman–Crippen LogP) is 4.40. The van der Waals surface area contributed by atoms with Crippen LogP contribution in [-0.4, -0.2) is 11.0 Å². The summed E-state index contributed by atoms with van der Waals surface area (Å²) in [5.74, 6) is 0. The average molecular weight is 276 g/mol. The summed E-state index contributed by atoms with van der Waals surface area (Å²) in [6.45, 7) is 5.21. The van der Waals surface area contributed by atoms with Crippen LogP contribution >= 0.6 is 0 Å². The lowest BCUT2D eigenvalue weighted by molar-refractivity contribution is 0.589. The van der Waals surface area contributed by atoms with Gasteiger partial charge in [0, 0.05) is 29.7 Å². The van der Waals surface area contributed by atoms with Gasteiger partial charge >= 0.3 is 0 Å². The maximum Gasteiger partial charge on any atom is 0.0702 e. The largest absolute Gasteiger partial charge is 0.310 e. The molecular weight excluding hydrogens is 256 g/mol. The molecule has 0 radical (unpaired) electrons. The van der Waals surface area contributed by atoms with E-state index in [2.05, 4.69) is 66.6 Å². The molecule has 2 nitrogen and oxygen atoms in total. The first-order valence-electron chi connectivity index (χ1n) is 7.40. The van der Waals surface area contributed by atoms with E-state index in [1.165, 1.54) is 22.1 Å². The second-order valence-electron chi connectivity index (χ2n) is 5.61. The highest BCUT2D eigenvalue weighted by Gasteiger charge is 2.06. The summed E-state index contributed by atoms with van der Waals surface area (Å²) in [6.07, 6.45) is 1.97. The number of hydrogen-bond donors (Lipinski definition) is 1. The zero-order valence-corrected chi connectivity index (χ0v) is 12.5. The Kier molecular flexibility index (Phi) is 3.98. The van der Waals surface area contributed by atoms with Gasteiger partial charge < -0.3 is 5.32 Å². The van der Waals surface area contributed by atoms with Crippen molar-refractivity contribution in [3.05, 3.63) is 66.4 Å². The van der Waals surface area contributed by atoms with E-state index in [-0.39, 0.29) is 0 Å². The predicted molar refractivity (Wildman–Crippen MR) is 89.2 cm³/mol. The summed E-state index contributed by atoms with van der Waals surface area (Å²) in [4.78, 5) is 4.57. The lowest BCUT2D eigenvalue weighted by Gasteiger charge is -2.13. The van der Waals surface area contributed by atoms with Gasteiger partial charge in [-0.3, -0.25) is 4.98 Å². The highest BCUT2D eigenvalue weighted by Crippen LogP contribution is 2.26. The first-order valence-corrected chi connectivity index (χ1v) is 7.40. The van der Waals surface area contributed by atoms with Crippen LogP contribution in [0.25, 0.3) is 22.0 Å². The summed E-state index contributed by atoms with van der Waals surface area (Å²) < 4.78 is 0. The summed E-state index contributed by atoms with van der Waals surface area (Å²) in [5, 5.41) is 4.67. The number of pyridine rings is 1. The summed E-state index contributed by atoms with van der Waals surface area (Å²) in [7, 11) is 0. The molecule has 106 valence electrons. The summed E-state index contributed by atoms with van der Waals surface area (Å²) in [5.41, 5.74) is 4.78. The van der Waals surface area contributed by atoms with Crippen molar-refractivity contribution in [3.8, 4) is 11.1 Å². The molecule has 1 N–H and O–H groups in total. The van der Waals surface area contributed by atoms with Gasteiger partial charge in [-0.15, -0.1) is 0 Å². The van der Waals surface area contributed by atoms with Gasteiger partial charge in [-0.1, -0.05) is 56.3 Å². The van der Waals surface area contributed by atoms with E-state index in [1.807, 2.05) is 18.3 Å². The molecule has 0 atom stereocenters. The third kappa shape index (κ3) is 3.11. The molecule has 0 spiro atoms. The molecule has 3 rings (SSSR count). The average Bonchev–Trinajstić information content (AvgIpc) is 2.52. The lowest BCUT2D eigenvalue weighted by atomic mass is 9.99. The van der Waals surface area contributed by atoms with Crippen LogP contribution in [0.1, 0.15) is 19.4 Å². The van der Waals surface area contributed by atoms with Crippen LogP contribution in [0.2, 0.25) is 0 Å². The minimum Gasteiger partial charge on any atom is -0.310 e. The molecule has 2 aromatic carbocycles. The van der Waals surface area contributed by atoms with Crippen molar-refractivity contribution in [1.29, 1.82) is 0 Å². The lowest BCUT2D eigenvalue weighted by Crippen LogP contribution is -2.22. The van der Waals surface area contributed by atoms with Crippen LogP contribution in [0.3, 0.4) is 0 Å². The number of benzene rings is 2. The van der Waals surface area contributed by atoms with E-state index in [4.69, 9.17) is 0 Å². The number of rotatable bonds is 4. The summed E-state index contributed by atoms with van der Waals surface area (Å²) in [6, 6.07) is 19.5. The molecular formula is C19H20N2. The SMILES string of the molecule is CC(C)NCc1ccccc1-c1cnc2ccccc2c1. The third-order valence-electron chi connectivity index (χ3n) is 3.62. The Hall–Kier alpha value is -2.19. The Balaban J connectivity index is 2.01. The van der Waals surface area contributed by atoms with Crippen LogP contribution in [-0.2, 0) is 6.54 Å². The van der Waals surface area contributed by atoms with Crippen LogP contribution in [0, 0.1) is 0 Å². The van der Waals surface area contributed by atoms with Gasteiger partial charge in [-0.05, 0) is 23.3 Å². The Labute approximate surface area is 125 Å². The van der Waals surface area contributed by atoms with Gasteiger partial charge in [-0.2, -0.15) is 0 Å². The van der Waals surface area contributed by atoms with E-state index >= 15 is 0 Å². The van der Waals surface area contributed by atoms with E-state index in [9.17, 15) is 0 Å². The minimum absolute atomic E-state index is 0.479. The number of nitrogens with zero attached hydrogens (tertiary/aromatic N) is 1. The van der Waals surface area contributed by atoms with Crippen LogP contribution < -0.4 is 5.32 Å². The fourth-order valence-electron chi connectivity index (χ4n) is 2.49. The quantitative estimate of drug-likeness (QED) is 0.764. The molecule has 0 aliphatic rings. The Morgan fingerprint density at radius 1 is 1.00 bits per heavy atom. The number of para-hydroxylation sites is 1. The Morgan fingerprint density at radius 3 is 2.62 bits per heavy atom. The molecule has 0 aliphatic carbocycles. The van der Waals surface area contributed by atoms with Crippen LogP contribution in [0.4, 0.5) is 0 Å². The Bertz CT molecular complexity index is 747. The van der Waals surface area contributed by atoms with E-state index in [0.29, 0.717) is 6.04 Å². The van der Waals surface area contributed by atoms with E-state index in [1.54, 1.807) is 0 Å². The van der Waals surface area contributed by atoms with E-state index in [0.717, 1.165) is 12.1 Å². The van der Waals surface area contributed by atoms with Crippen molar-refractivity contribution < 1.29 is 0 Å². The van der Waals surface area contributed by atoms with Crippen molar-refractivity contribution in [2.45, 2.75) is 26.4 Å². The zero-order chi connectivity index (χ0) is 14.7. The van der Waals surface area contributed by atoms with Crippen LogP contribution in [0.5, 0.6) is 0 Å². The maximum atomic E-state index is 4.57. The molecule has 0 fully saturated rings. The highest BCUT2D eigenvalue weighted by molar-refractivity contribution is 5.84. The zero-order valence-electron chi connectivity index (χ0n) is 12.5. The van der Waals surface area contributed by atoms with Gasteiger partial charge in [0.25, 0.3) is 0 Å². The number of aromatic nitrogens is 1. The number of fused-ring (bicyclic) bond motifs is 1. The second-order valence-corrected chi connectivity index (χ2v) is 5.61. The molecule has 1 heterocycles. The monoisotopic (exact) mass is 276 g/mol. The maximum absolute atomic E-state index is 4.57. The highest BCUT2D eigenvalue weighted by atomic mass is 14.9. The molecule has 0 unspecified atom stereocenters. The normalized spacial score (nSPS) is 11.2. The van der Waals surface area contributed by atoms with Crippen molar-refractivity contribution >= 4 is 10.9 Å².